The molecule has 1 aromatic carbocycles. The fourth-order valence-corrected chi connectivity index (χ4v) is 2.59. The Morgan fingerprint density at radius 3 is 2.72 bits per heavy atom. The first-order chi connectivity index (χ1) is 12.2. The van der Waals surface area contributed by atoms with Gasteiger partial charge in [-0.25, -0.2) is 0 Å². The molecule has 2 aromatic heterocycles. The third-order valence-electron chi connectivity index (χ3n) is 3.55. The van der Waals surface area contributed by atoms with Gasteiger partial charge < -0.3 is 14.3 Å². The van der Waals surface area contributed by atoms with Gasteiger partial charge in [-0.1, -0.05) is 15.9 Å². The fourth-order valence-electron chi connectivity index (χ4n) is 2.32. The lowest BCUT2D eigenvalue weighted by molar-refractivity contribution is -0.117. The van der Waals surface area contributed by atoms with E-state index in [4.69, 9.17) is 4.42 Å². The standard InChI is InChI=1S/C19H14BrN3O2/c20-15-5-7-16(8-6-15)23-9-1-3-17(23)11-14(12-21)19(24)22-13-18-4-2-10-25-18/h1-11H,13H2,(H,22,24). The molecule has 5 nitrogen and oxygen atoms in total. The Balaban J connectivity index is 1.81. The molecule has 0 bridgehead atoms. The van der Waals surface area contributed by atoms with Crippen LogP contribution in [-0.4, -0.2) is 10.5 Å². The summed E-state index contributed by atoms with van der Waals surface area (Å²) in [4.78, 5) is 12.2. The van der Waals surface area contributed by atoms with Crippen molar-refractivity contribution in [3.05, 3.63) is 82.5 Å². The SMILES string of the molecule is N#CC(=Cc1cccn1-c1ccc(Br)cc1)C(=O)NCc1ccco1. The second-order valence-corrected chi connectivity index (χ2v) is 6.13. The summed E-state index contributed by atoms with van der Waals surface area (Å²) < 4.78 is 8.05. The molecule has 1 N–H and O–H groups in total. The molecule has 3 rings (SSSR count). The van der Waals surface area contributed by atoms with Gasteiger partial charge in [-0.15, -0.1) is 0 Å². The van der Waals surface area contributed by atoms with Crippen LogP contribution < -0.4 is 5.32 Å². The quantitative estimate of drug-likeness (QED) is 0.522. The van der Waals surface area contributed by atoms with Gasteiger partial charge in [-0.3, -0.25) is 4.79 Å². The summed E-state index contributed by atoms with van der Waals surface area (Å²) in [6, 6.07) is 16.9. The summed E-state index contributed by atoms with van der Waals surface area (Å²) in [5.41, 5.74) is 1.71. The van der Waals surface area contributed by atoms with Crippen LogP contribution in [0, 0.1) is 11.3 Å². The lowest BCUT2D eigenvalue weighted by Crippen LogP contribution is -2.23. The van der Waals surface area contributed by atoms with Gasteiger partial charge in [0, 0.05) is 22.1 Å². The zero-order chi connectivity index (χ0) is 17.6. The first kappa shape index (κ1) is 16.8. The number of rotatable bonds is 5. The van der Waals surface area contributed by atoms with Gasteiger partial charge in [0.15, 0.2) is 0 Å². The summed E-state index contributed by atoms with van der Waals surface area (Å²) in [6.45, 7) is 0.235. The van der Waals surface area contributed by atoms with Crippen molar-refractivity contribution < 1.29 is 9.21 Å². The topological polar surface area (TPSA) is 71.0 Å². The lowest BCUT2D eigenvalue weighted by atomic mass is 10.2. The highest BCUT2D eigenvalue weighted by Crippen LogP contribution is 2.18. The zero-order valence-corrected chi connectivity index (χ0v) is 14.7. The van der Waals surface area contributed by atoms with E-state index < -0.39 is 5.91 Å². The molecule has 0 aliphatic rings. The number of aromatic nitrogens is 1. The average Bonchev–Trinajstić information content (AvgIpc) is 3.30. The Kier molecular flexibility index (Phi) is 5.17. The highest BCUT2D eigenvalue weighted by atomic mass is 79.9. The molecular formula is C19H14BrN3O2. The van der Waals surface area contributed by atoms with Crippen LogP contribution in [0.5, 0.6) is 0 Å². The average molecular weight is 396 g/mol. The van der Waals surface area contributed by atoms with E-state index in [1.165, 1.54) is 6.26 Å². The van der Waals surface area contributed by atoms with Crippen LogP contribution in [0.15, 0.2) is 75.5 Å². The third kappa shape index (κ3) is 4.08. The van der Waals surface area contributed by atoms with Crippen LogP contribution in [0.3, 0.4) is 0 Å². The predicted octanol–water partition coefficient (Wildman–Crippen LogP) is 4.06. The molecule has 0 saturated carbocycles. The van der Waals surface area contributed by atoms with Gasteiger partial charge in [0.25, 0.3) is 5.91 Å². The summed E-state index contributed by atoms with van der Waals surface area (Å²) in [5.74, 6) is 0.186. The van der Waals surface area contributed by atoms with Crippen molar-refractivity contribution in [3.63, 3.8) is 0 Å². The molecule has 124 valence electrons. The number of benzene rings is 1. The maximum atomic E-state index is 12.2. The summed E-state index contributed by atoms with van der Waals surface area (Å²) in [5, 5.41) is 12.0. The molecule has 0 atom stereocenters. The molecular weight excluding hydrogens is 382 g/mol. The van der Waals surface area contributed by atoms with E-state index in [-0.39, 0.29) is 12.1 Å². The van der Waals surface area contributed by atoms with Crippen LogP contribution in [0.25, 0.3) is 11.8 Å². The number of hydrogen-bond donors (Lipinski definition) is 1. The Labute approximate surface area is 153 Å². The number of nitrogens with one attached hydrogen (secondary N) is 1. The second-order valence-electron chi connectivity index (χ2n) is 5.21. The lowest BCUT2D eigenvalue weighted by Gasteiger charge is -2.07. The molecule has 1 amide bonds. The van der Waals surface area contributed by atoms with Crippen LogP contribution in [0.1, 0.15) is 11.5 Å². The summed E-state index contributed by atoms with van der Waals surface area (Å²) in [6.07, 6.45) is 4.98. The Hall–Kier alpha value is -3.04. The van der Waals surface area contributed by atoms with Crippen molar-refractivity contribution in [1.82, 2.24) is 9.88 Å². The van der Waals surface area contributed by atoms with Crippen LogP contribution in [0.2, 0.25) is 0 Å². The molecule has 0 radical (unpaired) electrons. The maximum absolute atomic E-state index is 12.2. The van der Waals surface area contributed by atoms with Gasteiger partial charge in [-0.05, 0) is 54.6 Å². The first-order valence-electron chi connectivity index (χ1n) is 7.53. The van der Waals surface area contributed by atoms with Crippen LogP contribution in [0.4, 0.5) is 0 Å². The summed E-state index contributed by atoms with van der Waals surface area (Å²) in [7, 11) is 0. The third-order valence-corrected chi connectivity index (χ3v) is 4.07. The van der Waals surface area contributed by atoms with Crippen LogP contribution in [-0.2, 0) is 11.3 Å². The number of nitriles is 1. The molecule has 3 aromatic rings. The second kappa shape index (κ2) is 7.69. The van der Waals surface area contributed by atoms with Crippen molar-refractivity contribution in [1.29, 1.82) is 5.26 Å². The number of amides is 1. The number of carbonyl (C=O) groups is 1. The minimum atomic E-state index is -0.442. The van der Waals surface area contributed by atoms with E-state index in [0.717, 1.165) is 15.9 Å². The van der Waals surface area contributed by atoms with Gasteiger partial charge in [0.2, 0.25) is 0 Å². The number of hydrogen-bond acceptors (Lipinski definition) is 3. The number of halogens is 1. The molecule has 0 aliphatic heterocycles. The molecule has 0 saturated heterocycles. The van der Waals surface area contributed by atoms with Gasteiger partial charge in [0.05, 0.1) is 12.8 Å². The van der Waals surface area contributed by atoms with Gasteiger partial charge in [0.1, 0.15) is 17.4 Å². The first-order valence-corrected chi connectivity index (χ1v) is 8.32. The minimum absolute atomic E-state index is 0.0311. The highest BCUT2D eigenvalue weighted by molar-refractivity contribution is 9.10. The molecule has 0 fully saturated rings. The smallest absolute Gasteiger partial charge is 0.262 e. The molecule has 0 spiro atoms. The molecule has 25 heavy (non-hydrogen) atoms. The predicted molar refractivity (Wildman–Crippen MR) is 97.6 cm³/mol. The zero-order valence-electron chi connectivity index (χ0n) is 13.1. The number of nitrogens with zero attached hydrogens (tertiary/aromatic N) is 2. The molecule has 0 aliphatic carbocycles. The van der Waals surface area contributed by atoms with E-state index in [2.05, 4.69) is 21.2 Å². The van der Waals surface area contributed by atoms with Crippen molar-refractivity contribution >= 4 is 27.9 Å². The maximum Gasteiger partial charge on any atom is 0.262 e. The van der Waals surface area contributed by atoms with E-state index in [0.29, 0.717) is 5.76 Å². The fraction of sp³-hybridized carbons (Fsp3) is 0.0526. The number of furan rings is 1. The van der Waals surface area contributed by atoms with Crippen LogP contribution >= 0.6 is 15.9 Å². The van der Waals surface area contributed by atoms with Crippen molar-refractivity contribution in [2.75, 3.05) is 0 Å². The summed E-state index contributed by atoms with van der Waals surface area (Å²) >= 11 is 3.41. The van der Waals surface area contributed by atoms with E-state index in [9.17, 15) is 10.1 Å². The molecule has 2 heterocycles. The highest BCUT2D eigenvalue weighted by Gasteiger charge is 2.11. The van der Waals surface area contributed by atoms with E-state index in [1.54, 1.807) is 18.2 Å². The van der Waals surface area contributed by atoms with Crippen molar-refractivity contribution in [3.8, 4) is 11.8 Å². The van der Waals surface area contributed by atoms with Crippen molar-refractivity contribution in [2.24, 2.45) is 0 Å². The van der Waals surface area contributed by atoms with E-state index >= 15 is 0 Å². The Bertz CT molecular complexity index is 932. The molecule has 0 unspecified atom stereocenters. The Morgan fingerprint density at radius 1 is 1.24 bits per heavy atom. The number of carbonyl (C=O) groups excluding carboxylic acids is 1. The van der Waals surface area contributed by atoms with Gasteiger partial charge in [-0.2, -0.15) is 5.26 Å². The van der Waals surface area contributed by atoms with Gasteiger partial charge >= 0.3 is 0 Å². The van der Waals surface area contributed by atoms with Crippen molar-refractivity contribution in [2.45, 2.75) is 6.54 Å². The van der Waals surface area contributed by atoms with E-state index in [1.807, 2.05) is 53.2 Å². The monoisotopic (exact) mass is 395 g/mol. The molecule has 6 heteroatoms. The Morgan fingerprint density at radius 2 is 2.04 bits per heavy atom. The largest absolute Gasteiger partial charge is 0.467 e. The normalized spacial score (nSPS) is 11.1. The minimum Gasteiger partial charge on any atom is -0.467 e.